The summed E-state index contributed by atoms with van der Waals surface area (Å²) in [5, 5.41) is 0. The van der Waals surface area contributed by atoms with E-state index in [4.69, 9.17) is 4.74 Å². The van der Waals surface area contributed by atoms with Crippen molar-refractivity contribution in [2.75, 3.05) is 0 Å². The molecule has 0 aliphatic heterocycles. The molecule has 8 atom stereocenters. The summed E-state index contributed by atoms with van der Waals surface area (Å²) in [6.45, 7) is 12.5. The van der Waals surface area contributed by atoms with Crippen molar-refractivity contribution < 1.29 is 9.53 Å². The van der Waals surface area contributed by atoms with Gasteiger partial charge < -0.3 is 4.74 Å². The van der Waals surface area contributed by atoms with Gasteiger partial charge in [0.2, 0.25) is 0 Å². The van der Waals surface area contributed by atoms with Crippen LogP contribution in [0.25, 0.3) is 6.08 Å². The van der Waals surface area contributed by atoms with Crippen LogP contribution in [0.3, 0.4) is 0 Å². The fraction of sp³-hybridized carbons (Fsp3) is 0.694. The minimum absolute atomic E-state index is 0.0125. The zero-order valence-electron chi connectivity index (χ0n) is 25.1. The molecule has 1 aromatic rings. The first-order chi connectivity index (χ1) is 18.6. The lowest BCUT2D eigenvalue weighted by Gasteiger charge is -2.58. The molecule has 0 spiro atoms. The molecular weight excluding hydrogens is 544 g/mol. The van der Waals surface area contributed by atoms with Gasteiger partial charge in [-0.05, 0) is 119 Å². The lowest BCUT2D eigenvalue weighted by Crippen LogP contribution is -2.51. The summed E-state index contributed by atoms with van der Waals surface area (Å²) in [6.07, 6.45) is 18.6. The fourth-order valence-electron chi connectivity index (χ4n) is 9.71. The van der Waals surface area contributed by atoms with Crippen LogP contribution in [-0.2, 0) is 9.53 Å². The van der Waals surface area contributed by atoms with Crippen LogP contribution in [0, 0.1) is 46.3 Å². The van der Waals surface area contributed by atoms with E-state index in [1.165, 1.54) is 51.4 Å². The molecule has 5 rings (SSSR count). The first-order valence-corrected chi connectivity index (χ1v) is 16.7. The summed E-state index contributed by atoms with van der Waals surface area (Å²) < 4.78 is 6.53. The minimum Gasteiger partial charge on any atom is -0.458 e. The van der Waals surface area contributed by atoms with E-state index in [0.717, 1.165) is 60.3 Å². The third-order valence-corrected chi connectivity index (χ3v) is 12.4. The summed E-state index contributed by atoms with van der Waals surface area (Å²) in [5.41, 5.74) is 3.40. The Morgan fingerprint density at radius 1 is 1.03 bits per heavy atom. The zero-order valence-corrected chi connectivity index (χ0v) is 26.6. The van der Waals surface area contributed by atoms with Crippen molar-refractivity contribution in [3.63, 3.8) is 0 Å². The number of esters is 1. The molecule has 0 amide bonds. The molecule has 0 saturated heterocycles. The van der Waals surface area contributed by atoms with Crippen LogP contribution >= 0.6 is 15.9 Å². The predicted octanol–water partition coefficient (Wildman–Crippen LogP) is 10.4. The smallest absolute Gasteiger partial charge is 0.345 e. The highest BCUT2D eigenvalue weighted by atomic mass is 79.9. The predicted molar refractivity (Wildman–Crippen MR) is 166 cm³/mol. The van der Waals surface area contributed by atoms with Crippen molar-refractivity contribution in [2.24, 2.45) is 46.3 Å². The average Bonchev–Trinajstić information content (AvgIpc) is 3.26. The van der Waals surface area contributed by atoms with E-state index in [9.17, 15) is 4.79 Å². The van der Waals surface area contributed by atoms with E-state index in [1.807, 2.05) is 36.4 Å². The lowest BCUT2D eigenvalue weighted by atomic mass is 9.47. The van der Waals surface area contributed by atoms with Gasteiger partial charge in [0.25, 0.3) is 0 Å². The maximum Gasteiger partial charge on any atom is 0.345 e. The Morgan fingerprint density at radius 3 is 2.54 bits per heavy atom. The Labute approximate surface area is 246 Å². The maximum atomic E-state index is 12.9. The van der Waals surface area contributed by atoms with Crippen LogP contribution in [0.2, 0.25) is 0 Å². The van der Waals surface area contributed by atoms with Gasteiger partial charge in [-0.1, -0.05) is 95.9 Å². The first kappa shape index (κ1) is 29.2. The molecule has 3 fully saturated rings. The van der Waals surface area contributed by atoms with Gasteiger partial charge in [-0.2, -0.15) is 0 Å². The van der Waals surface area contributed by atoms with Crippen molar-refractivity contribution in [1.29, 1.82) is 0 Å². The van der Waals surface area contributed by atoms with E-state index in [1.54, 1.807) is 5.57 Å². The van der Waals surface area contributed by atoms with Crippen LogP contribution in [0.5, 0.6) is 0 Å². The zero-order chi connectivity index (χ0) is 27.8. The van der Waals surface area contributed by atoms with E-state index in [2.05, 4.69) is 56.6 Å². The van der Waals surface area contributed by atoms with Gasteiger partial charge in [-0.15, -0.1) is 0 Å². The van der Waals surface area contributed by atoms with Gasteiger partial charge in [-0.25, -0.2) is 4.79 Å². The highest BCUT2D eigenvalue weighted by Gasteiger charge is 2.59. The number of ether oxygens (including phenoxy) is 1. The lowest BCUT2D eigenvalue weighted by molar-refractivity contribution is -0.145. The van der Waals surface area contributed by atoms with Crippen LogP contribution in [0.1, 0.15) is 111 Å². The van der Waals surface area contributed by atoms with Crippen LogP contribution in [0.4, 0.5) is 0 Å². The molecule has 4 aliphatic rings. The Morgan fingerprint density at radius 2 is 1.79 bits per heavy atom. The number of carbonyl (C=O) groups excluding carboxylic acids is 1. The average molecular weight is 596 g/mol. The molecule has 3 heteroatoms. The Hall–Kier alpha value is -1.35. The number of halogens is 1. The van der Waals surface area contributed by atoms with Crippen LogP contribution in [-0.4, -0.2) is 12.1 Å². The van der Waals surface area contributed by atoms with E-state index < -0.39 is 0 Å². The summed E-state index contributed by atoms with van der Waals surface area (Å²) in [7, 11) is 0. The van der Waals surface area contributed by atoms with Crippen molar-refractivity contribution in [3.05, 3.63) is 52.0 Å². The second kappa shape index (κ2) is 11.9. The number of hydrogen-bond donors (Lipinski definition) is 0. The van der Waals surface area contributed by atoms with Crippen molar-refractivity contribution in [1.82, 2.24) is 0 Å². The van der Waals surface area contributed by atoms with Gasteiger partial charge in [-0.3, -0.25) is 0 Å². The fourth-order valence-corrected chi connectivity index (χ4v) is 10.1. The third kappa shape index (κ3) is 5.86. The molecule has 0 heterocycles. The standard InChI is InChI=1S/C36H51BrO2/c1-24(2)10-9-11-25(3)30-16-17-31-29-15-14-27-23-28(18-20-35(27,4)32(29)19-21-36(30,31)5)39-34(38)33(37)22-26-12-7-6-8-13-26/h6-8,12-14,22,24-25,28-32H,9-11,15-21,23H2,1-5H3/t25-,28+,29-,30+,31-,32+,35+,36-/m1/s1. The van der Waals surface area contributed by atoms with Crippen molar-refractivity contribution >= 4 is 28.0 Å². The Balaban J connectivity index is 1.23. The molecule has 1 aromatic carbocycles. The molecule has 0 unspecified atom stereocenters. The van der Waals surface area contributed by atoms with Crippen LogP contribution < -0.4 is 0 Å². The normalized spacial score (nSPS) is 36.9. The molecule has 214 valence electrons. The minimum atomic E-state index is -0.241. The van der Waals surface area contributed by atoms with Gasteiger partial charge >= 0.3 is 5.97 Å². The maximum absolute atomic E-state index is 12.9. The van der Waals surface area contributed by atoms with Crippen molar-refractivity contribution in [2.45, 2.75) is 111 Å². The van der Waals surface area contributed by atoms with E-state index >= 15 is 0 Å². The second-order valence-corrected chi connectivity index (χ2v) is 15.3. The second-order valence-electron chi connectivity index (χ2n) is 14.5. The first-order valence-electron chi connectivity index (χ1n) is 15.9. The van der Waals surface area contributed by atoms with E-state index in [0.29, 0.717) is 9.90 Å². The highest BCUT2D eigenvalue weighted by molar-refractivity contribution is 9.12. The van der Waals surface area contributed by atoms with Gasteiger partial charge in [0.15, 0.2) is 0 Å². The molecule has 0 bridgehead atoms. The highest BCUT2D eigenvalue weighted by Crippen LogP contribution is 2.67. The summed E-state index contributed by atoms with van der Waals surface area (Å²) in [4.78, 5) is 12.9. The summed E-state index contributed by atoms with van der Waals surface area (Å²) in [5.74, 6) is 4.88. The number of fused-ring (bicyclic) bond motifs is 5. The topological polar surface area (TPSA) is 26.3 Å². The molecule has 0 aromatic heterocycles. The Kier molecular flexibility index (Phi) is 8.87. The monoisotopic (exact) mass is 594 g/mol. The number of carbonyl (C=O) groups is 1. The molecule has 3 saturated carbocycles. The van der Waals surface area contributed by atoms with Crippen LogP contribution in [0.15, 0.2) is 46.5 Å². The van der Waals surface area contributed by atoms with Gasteiger partial charge in [0.05, 0.1) is 0 Å². The summed E-state index contributed by atoms with van der Waals surface area (Å²) >= 11 is 3.47. The molecule has 0 radical (unpaired) electrons. The SMILES string of the molecule is CC(C)CCC[C@@H](C)[C@@H]1CC[C@@H]2[C@H]3CC=C4C[C@@H](OC(=O)C(Br)=Cc5ccccc5)CC[C@]4(C)[C@H]3CC[C@@]21C. The quantitative estimate of drug-likeness (QED) is 0.170. The third-order valence-electron chi connectivity index (χ3n) is 11.8. The molecule has 0 N–H and O–H groups in total. The molecule has 39 heavy (non-hydrogen) atoms. The van der Waals surface area contributed by atoms with Crippen molar-refractivity contribution in [3.8, 4) is 0 Å². The number of hydrogen-bond acceptors (Lipinski definition) is 2. The van der Waals surface area contributed by atoms with Gasteiger partial charge in [0, 0.05) is 6.42 Å². The number of allylic oxidation sites excluding steroid dienone is 1. The molecular formula is C36H51BrO2. The molecule has 4 aliphatic carbocycles. The Bertz CT molecular complexity index is 1070. The van der Waals surface area contributed by atoms with Gasteiger partial charge in [0.1, 0.15) is 10.6 Å². The summed E-state index contributed by atoms with van der Waals surface area (Å²) in [6, 6.07) is 9.95. The molecule has 2 nitrogen and oxygen atoms in total. The largest absolute Gasteiger partial charge is 0.458 e. The van der Waals surface area contributed by atoms with E-state index in [-0.39, 0.29) is 17.5 Å². The number of benzene rings is 1. The number of rotatable bonds is 8.